The molecule has 0 radical (unpaired) electrons. The van der Waals surface area contributed by atoms with E-state index in [0.29, 0.717) is 18.1 Å². The van der Waals surface area contributed by atoms with Crippen LogP contribution < -0.4 is 4.74 Å². The van der Waals surface area contributed by atoms with Crippen molar-refractivity contribution in [3.05, 3.63) is 42.0 Å². The van der Waals surface area contributed by atoms with Gasteiger partial charge in [0.05, 0.1) is 21.3 Å². The average molecular weight is 557 g/mol. The highest BCUT2D eigenvalue weighted by atomic mass is 28.3. The molecule has 0 amide bonds. The standard InChI is InChI=1S/C34H56O4Si/c1-6-7-23-39(4,5)33-20-16-31(17-21-33)29-12-10-28(11-13-29)30-14-18-32(19-15-30)37-22-8-9-27(24-35)25-38-34(36)26(2)3/h14-15,18-19,27-29,31,33,35H,2,6-13,16-17,20-25H2,1,3-5H3. The smallest absolute Gasteiger partial charge is 0.333 e. The highest BCUT2D eigenvalue weighted by Gasteiger charge is 2.37. The molecule has 4 nitrogen and oxygen atoms in total. The fourth-order valence-electron chi connectivity index (χ4n) is 7.07. The van der Waals surface area contributed by atoms with Crippen molar-refractivity contribution < 1.29 is 19.4 Å². The summed E-state index contributed by atoms with van der Waals surface area (Å²) >= 11 is 0. The predicted molar refractivity (Wildman–Crippen MR) is 165 cm³/mol. The topological polar surface area (TPSA) is 55.8 Å². The number of rotatable bonds is 15. The normalized spacial score (nSPS) is 24.6. The molecular weight excluding hydrogens is 500 g/mol. The molecule has 0 heterocycles. The van der Waals surface area contributed by atoms with E-state index in [4.69, 9.17) is 9.47 Å². The molecule has 2 saturated carbocycles. The molecule has 2 aliphatic rings. The number of benzene rings is 1. The lowest BCUT2D eigenvalue weighted by molar-refractivity contribution is -0.140. The second-order valence-corrected chi connectivity index (χ2v) is 18.6. The third-order valence-electron chi connectivity index (χ3n) is 9.92. The van der Waals surface area contributed by atoms with Gasteiger partial charge in [-0.15, -0.1) is 0 Å². The zero-order valence-electron chi connectivity index (χ0n) is 25.4. The SMILES string of the molecule is C=C(C)C(=O)OCC(CO)CCCOc1ccc(C2CCC(C3CCC([Si](C)(C)CCCC)CC3)CC2)cc1. The van der Waals surface area contributed by atoms with Crippen molar-refractivity contribution in [3.63, 3.8) is 0 Å². The van der Waals surface area contributed by atoms with Crippen LogP contribution in [0.15, 0.2) is 36.4 Å². The molecule has 0 bridgehead atoms. The Morgan fingerprint density at radius 3 is 2.18 bits per heavy atom. The first-order valence-corrected chi connectivity index (χ1v) is 19.2. The zero-order chi connectivity index (χ0) is 28.3. The first-order valence-electron chi connectivity index (χ1n) is 15.9. The van der Waals surface area contributed by atoms with Gasteiger partial charge in [-0.3, -0.25) is 0 Å². The second-order valence-electron chi connectivity index (χ2n) is 13.3. The van der Waals surface area contributed by atoms with E-state index < -0.39 is 14.0 Å². The van der Waals surface area contributed by atoms with Crippen LogP contribution in [0.2, 0.25) is 24.7 Å². The molecule has 0 aromatic heterocycles. The molecule has 1 aromatic rings. The molecule has 5 heteroatoms. The number of esters is 1. The van der Waals surface area contributed by atoms with Gasteiger partial charge in [-0.05, 0) is 86.4 Å². The minimum Gasteiger partial charge on any atom is -0.494 e. The van der Waals surface area contributed by atoms with E-state index in [-0.39, 0.29) is 19.1 Å². The first kappa shape index (κ1) is 31.9. The molecule has 3 rings (SSSR count). The molecule has 1 aromatic carbocycles. The maximum absolute atomic E-state index is 11.5. The van der Waals surface area contributed by atoms with Crippen LogP contribution in [0.3, 0.4) is 0 Å². The number of aliphatic hydroxyl groups excluding tert-OH is 1. The van der Waals surface area contributed by atoms with Crippen molar-refractivity contribution in [3.8, 4) is 5.75 Å². The summed E-state index contributed by atoms with van der Waals surface area (Å²) in [5.74, 6) is 3.07. The van der Waals surface area contributed by atoms with Crippen molar-refractivity contribution in [2.24, 2.45) is 17.8 Å². The monoisotopic (exact) mass is 556 g/mol. The maximum atomic E-state index is 11.5. The van der Waals surface area contributed by atoms with E-state index in [0.717, 1.165) is 36.0 Å². The van der Waals surface area contributed by atoms with E-state index in [9.17, 15) is 9.90 Å². The second kappa shape index (κ2) is 16.0. The van der Waals surface area contributed by atoms with Crippen LogP contribution in [0, 0.1) is 17.8 Å². The molecule has 2 fully saturated rings. The summed E-state index contributed by atoms with van der Waals surface area (Å²) in [5, 5.41) is 9.55. The molecule has 0 spiro atoms. The summed E-state index contributed by atoms with van der Waals surface area (Å²) < 4.78 is 11.1. The average Bonchev–Trinajstić information content (AvgIpc) is 2.96. The first-order chi connectivity index (χ1) is 18.7. The summed E-state index contributed by atoms with van der Waals surface area (Å²) in [5.41, 5.74) is 2.92. The van der Waals surface area contributed by atoms with Gasteiger partial charge in [0.25, 0.3) is 0 Å². The Bertz CT molecular complexity index is 864. The van der Waals surface area contributed by atoms with Gasteiger partial charge in [0, 0.05) is 18.1 Å². The van der Waals surface area contributed by atoms with E-state index in [1.165, 1.54) is 75.8 Å². The van der Waals surface area contributed by atoms with Crippen molar-refractivity contribution in [1.82, 2.24) is 0 Å². The van der Waals surface area contributed by atoms with Gasteiger partial charge in [0.15, 0.2) is 0 Å². The molecule has 2 aliphatic carbocycles. The van der Waals surface area contributed by atoms with Crippen LogP contribution in [0.1, 0.15) is 102 Å². The van der Waals surface area contributed by atoms with E-state index >= 15 is 0 Å². The van der Waals surface area contributed by atoms with E-state index in [1.807, 2.05) is 0 Å². The minimum absolute atomic E-state index is 0.000451. The minimum atomic E-state index is -1.03. The molecular formula is C34H56O4Si. The van der Waals surface area contributed by atoms with Crippen molar-refractivity contribution >= 4 is 14.0 Å². The Morgan fingerprint density at radius 1 is 1.00 bits per heavy atom. The van der Waals surface area contributed by atoms with Gasteiger partial charge in [0.1, 0.15) is 5.75 Å². The van der Waals surface area contributed by atoms with Crippen LogP contribution in [0.5, 0.6) is 5.75 Å². The Kier molecular flexibility index (Phi) is 13.1. The fraction of sp³-hybridized carbons (Fsp3) is 0.735. The Hall–Kier alpha value is -1.59. The van der Waals surface area contributed by atoms with Crippen LogP contribution in [-0.2, 0) is 9.53 Å². The highest BCUT2D eigenvalue weighted by molar-refractivity contribution is 6.78. The van der Waals surface area contributed by atoms with Gasteiger partial charge >= 0.3 is 5.97 Å². The van der Waals surface area contributed by atoms with Crippen molar-refractivity contribution in [2.75, 3.05) is 19.8 Å². The third kappa shape index (κ3) is 10.1. The van der Waals surface area contributed by atoms with E-state index in [1.54, 1.807) is 6.92 Å². The van der Waals surface area contributed by atoms with Crippen molar-refractivity contribution in [2.45, 2.75) is 121 Å². The number of ether oxygens (including phenoxy) is 2. The summed E-state index contributed by atoms with van der Waals surface area (Å²) in [7, 11) is -1.03. The summed E-state index contributed by atoms with van der Waals surface area (Å²) in [6.45, 7) is 13.7. The quantitative estimate of drug-likeness (QED) is 0.101. The Labute approximate surface area is 240 Å². The molecule has 39 heavy (non-hydrogen) atoms. The van der Waals surface area contributed by atoms with Gasteiger partial charge in [-0.1, -0.05) is 83.3 Å². The lowest BCUT2D eigenvalue weighted by Gasteiger charge is -2.42. The van der Waals surface area contributed by atoms with Crippen LogP contribution in [0.25, 0.3) is 0 Å². The molecule has 1 atom stereocenters. The number of aliphatic hydroxyl groups is 1. The number of carbonyl (C=O) groups excluding carboxylic acids is 1. The number of unbranched alkanes of at least 4 members (excludes halogenated alkanes) is 1. The third-order valence-corrected chi connectivity index (χ3v) is 14.4. The van der Waals surface area contributed by atoms with Gasteiger partial charge in [-0.2, -0.15) is 0 Å². The Morgan fingerprint density at radius 2 is 1.62 bits per heavy atom. The van der Waals surface area contributed by atoms with E-state index in [2.05, 4.69) is 50.9 Å². The summed E-state index contributed by atoms with van der Waals surface area (Å²) in [6, 6.07) is 10.3. The van der Waals surface area contributed by atoms with Gasteiger partial charge in [-0.25, -0.2) is 4.79 Å². The van der Waals surface area contributed by atoms with Gasteiger partial charge < -0.3 is 14.6 Å². The molecule has 220 valence electrons. The predicted octanol–water partition coefficient (Wildman–Crippen LogP) is 8.92. The van der Waals surface area contributed by atoms with Crippen LogP contribution in [0.4, 0.5) is 0 Å². The molecule has 1 unspecified atom stereocenters. The summed E-state index contributed by atoms with van der Waals surface area (Å²) in [4.78, 5) is 11.5. The zero-order valence-corrected chi connectivity index (χ0v) is 26.4. The maximum Gasteiger partial charge on any atom is 0.333 e. The fourth-order valence-corrected chi connectivity index (χ4v) is 10.6. The molecule has 0 aliphatic heterocycles. The number of hydrogen-bond donors (Lipinski definition) is 1. The van der Waals surface area contributed by atoms with Gasteiger partial charge in [0.2, 0.25) is 0 Å². The largest absolute Gasteiger partial charge is 0.494 e. The number of hydrogen-bond acceptors (Lipinski definition) is 4. The lowest BCUT2D eigenvalue weighted by Crippen LogP contribution is -2.36. The highest BCUT2D eigenvalue weighted by Crippen LogP contribution is 2.48. The van der Waals surface area contributed by atoms with Crippen LogP contribution >= 0.6 is 0 Å². The molecule has 0 saturated heterocycles. The van der Waals surface area contributed by atoms with Crippen molar-refractivity contribution in [1.29, 1.82) is 0 Å². The Balaban J connectivity index is 1.34. The summed E-state index contributed by atoms with van der Waals surface area (Å²) in [6.07, 6.45) is 15.8. The molecule has 1 N–H and O–H groups in total. The lowest BCUT2D eigenvalue weighted by atomic mass is 9.70. The number of carbonyl (C=O) groups is 1. The van der Waals surface area contributed by atoms with Crippen LogP contribution in [-0.4, -0.2) is 39.0 Å².